The standard InChI is InChI=1S/C9H11NO3SSe/c1-13-9(11)6-3-4-7-8(5-6)15-10-14(7,2)12/h3-5,14H,1-2H3,(H,10,12). The molecule has 0 bridgehead atoms. The first-order valence-corrected chi connectivity index (χ1v) is 8.16. The van der Waals surface area contributed by atoms with Crippen LogP contribution in [-0.4, -0.2) is 38.7 Å². The Morgan fingerprint density at radius 3 is 2.93 bits per heavy atom. The van der Waals surface area contributed by atoms with Gasteiger partial charge in [-0.1, -0.05) is 0 Å². The number of carbonyl (C=O) groups is 1. The van der Waals surface area contributed by atoms with E-state index in [4.69, 9.17) is 0 Å². The van der Waals surface area contributed by atoms with Crippen molar-refractivity contribution in [1.82, 2.24) is 3.74 Å². The number of esters is 1. The number of nitrogens with one attached hydrogen (secondary N) is 1. The summed E-state index contributed by atoms with van der Waals surface area (Å²) in [5.74, 6) is -0.355. The molecule has 1 aliphatic heterocycles. The Bertz CT molecular complexity index is 474. The zero-order valence-electron chi connectivity index (χ0n) is 8.31. The van der Waals surface area contributed by atoms with E-state index < -0.39 is 10.1 Å². The molecular weight excluding hydrogens is 281 g/mol. The van der Waals surface area contributed by atoms with E-state index in [-0.39, 0.29) is 21.1 Å². The Hall–Kier alpha value is -0.681. The van der Waals surface area contributed by atoms with Gasteiger partial charge in [0.2, 0.25) is 0 Å². The van der Waals surface area contributed by atoms with Gasteiger partial charge in [0.05, 0.1) is 0 Å². The van der Waals surface area contributed by atoms with E-state index in [2.05, 4.69) is 8.48 Å². The number of rotatable bonds is 1. The third kappa shape index (κ3) is 1.86. The van der Waals surface area contributed by atoms with Crippen molar-refractivity contribution in [3.05, 3.63) is 23.8 Å². The van der Waals surface area contributed by atoms with E-state index in [1.165, 1.54) is 7.11 Å². The summed E-state index contributed by atoms with van der Waals surface area (Å²) in [6.07, 6.45) is 1.71. The van der Waals surface area contributed by atoms with E-state index >= 15 is 0 Å². The molecule has 15 heavy (non-hydrogen) atoms. The van der Waals surface area contributed by atoms with Crippen molar-refractivity contribution in [2.24, 2.45) is 0 Å². The predicted molar refractivity (Wildman–Crippen MR) is 60.0 cm³/mol. The molecule has 1 N–H and O–H groups in total. The number of thiol groups is 1. The summed E-state index contributed by atoms with van der Waals surface area (Å²) < 4.78 is 20.6. The van der Waals surface area contributed by atoms with Gasteiger partial charge < -0.3 is 0 Å². The van der Waals surface area contributed by atoms with Gasteiger partial charge in [-0.2, -0.15) is 0 Å². The van der Waals surface area contributed by atoms with Gasteiger partial charge in [-0.05, 0) is 0 Å². The predicted octanol–water partition coefficient (Wildman–Crippen LogP) is -0.759. The van der Waals surface area contributed by atoms with Crippen LogP contribution in [0.3, 0.4) is 0 Å². The summed E-state index contributed by atoms with van der Waals surface area (Å²) in [5, 5.41) is 0. The molecule has 1 aromatic carbocycles. The Balaban J connectivity index is 2.46. The van der Waals surface area contributed by atoms with Crippen molar-refractivity contribution in [3.8, 4) is 0 Å². The second kappa shape index (κ2) is 3.72. The summed E-state index contributed by atoms with van der Waals surface area (Å²) >= 11 is -0.0103. The summed E-state index contributed by atoms with van der Waals surface area (Å²) in [6.45, 7) is 0. The van der Waals surface area contributed by atoms with E-state index in [0.717, 1.165) is 9.36 Å². The molecule has 4 nitrogen and oxygen atoms in total. The van der Waals surface area contributed by atoms with Crippen LogP contribution in [0, 0.1) is 0 Å². The summed E-state index contributed by atoms with van der Waals surface area (Å²) in [6, 6.07) is 5.17. The molecule has 0 saturated heterocycles. The van der Waals surface area contributed by atoms with Crippen LogP contribution in [0.4, 0.5) is 0 Å². The number of carbonyl (C=O) groups excluding carboxylic acids is 1. The molecule has 0 spiro atoms. The van der Waals surface area contributed by atoms with Crippen LogP contribution in [-0.2, 0) is 14.9 Å². The van der Waals surface area contributed by atoms with E-state index in [0.29, 0.717) is 5.56 Å². The van der Waals surface area contributed by atoms with E-state index in [9.17, 15) is 9.00 Å². The quantitative estimate of drug-likeness (QED) is 0.406. The first kappa shape index (κ1) is 10.8. The Morgan fingerprint density at radius 2 is 2.27 bits per heavy atom. The molecule has 0 atom stereocenters. The summed E-state index contributed by atoms with van der Waals surface area (Å²) in [5.41, 5.74) is 0.516. The van der Waals surface area contributed by atoms with E-state index in [1.54, 1.807) is 24.5 Å². The molecule has 0 unspecified atom stereocenters. The molecule has 0 fully saturated rings. The van der Waals surface area contributed by atoms with Gasteiger partial charge in [-0.3, -0.25) is 0 Å². The van der Waals surface area contributed by atoms with Crippen LogP contribution >= 0.6 is 0 Å². The molecule has 0 aromatic heterocycles. The fourth-order valence-electron chi connectivity index (χ4n) is 1.38. The molecule has 6 heteroatoms. The van der Waals surface area contributed by atoms with Crippen molar-refractivity contribution in [1.29, 1.82) is 0 Å². The number of hydrogen-bond acceptors (Lipinski definition) is 3. The maximum atomic E-state index is 12.0. The van der Waals surface area contributed by atoms with Crippen LogP contribution in [0.2, 0.25) is 0 Å². The fourth-order valence-corrected chi connectivity index (χ4v) is 7.01. The third-order valence-electron chi connectivity index (χ3n) is 2.17. The van der Waals surface area contributed by atoms with Gasteiger partial charge in [0.1, 0.15) is 0 Å². The molecule has 2 rings (SSSR count). The van der Waals surface area contributed by atoms with Crippen molar-refractivity contribution in [2.75, 3.05) is 13.4 Å². The number of methoxy groups -OCH3 is 1. The zero-order valence-corrected chi connectivity index (χ0v) is 10.9. The van der Waals surface area contributed by atoms with Gasteiger partial charge in [0.25, 0.3) is 0 Å². The molecule has 1 aliphatic rings. The summed E-state index contributed by atoms with van der Waals surface area (Å²) in [7, 11) is -1.02. The van der Waals surface area contributed by atoms with Crippen LogP contribution in [0.1, 0.15) is 10.4 Å². The van der Waals surface area contributed by atoms with Crippen LogP contribution in [0.15, 0.2) is 23.1 Å². The van der Waals surface area contributed by atoms with Crippen molar-refractivity contribution < 1.29 is 13.7 Å². The van der Waals surface area contributed by atoms with Crippen molar-refractivity contribution in [2.45, 2.75) is 4.90 Å². The molecule has 82 valence electrons. The first-order valence-electron chi connectivity index (χ1n) is 4.29. The normalized spacial score (nSPS) is 19.3. The third-order valence-corrected chi connectivity index (χ3v) is 8.20. The number of hydrogen-bond donors (Lipinski definition) is 2. The van der Waals surface area contributed by atoms with Crippen LogP contribution in [0.5, 0.6) is 0 Å². The Morgan fingerprint density at radius 1 is 1.53 bits per heavy atom. The van der Waals surface area contributed by atoms with Gasteiger partial charge in [-0.15, -0.1) is 0 Å². The fraction of sp³-hybridized carbons (Fsp3) is 0.222. The molecule has 0 radical (unpaired) electrons. The minimum atomic E-state index is -2.37. The Kier molecular flexibility index (Phi) is 2.68. The number of fused-ring (bicyclic) bond motifs is 1. The second-order valence-corrected chi connectivity index (χ2v) is 8.30. The van der Waals surface area contributed by atoms with Crippen molar-refractivity contribution in [3.63, 3.8) is 0 Å². The number of ether oxygens (including phenoxy) is 1. The van der Waals surface area contributed by atoms with Gasteiger partial charge >= 0.3 is 95.2 Å². The average Bonchev–Trinajstić information content (AvgIpc) is 2.53. The molecule has 1 aromatic rings. The maximum absolute atomic E-state index is 12.0. The van der Waals surface area contributed by atoms with Gasteiger partial charge in [-0.25, -0.2) is 0 Å². The Labute approximate surface area is 95.3 Å². The minimum absolute atomic E-state index is 0.0103. The zero-order chi connectivity index (χ0) is 11.1. The average molecular weight is 292 g/mol. The SMILES string of the molecule is COC(=O)c1ccc2c(c1)[Se]N[SH]2(C)=O. The molecule has 1 heterocycles. The number of benzene rings is 1. The van der Waals surface area contributed by atoms with Crippen molar-refractivity contribution >= 4 is 35.7 Å². The first-order chi connectivity index (χ1) is 7.04. The molecule has 0 saturated carbocycles. The molecular formula is C9H11NO3SSe. The monoisotopic (exact) mass is 293 g/mol. The van der Waals surface area contributed by atoms with E-state index in [1.807, 2.05) is 0 Å². The second-order valence-electron chi connectivity index (χ2n) is 3.29. The van der Waals surface area contributed by atoms with Crippen LogP contribution < -0.4 is 8.20 Å². The van der Waals surface area contributed by atoms with Gasteiger partial charge in [0, 0.05) is 0 Å². The van der Waals surface area contributed by atoms with Crippen LogP contribution in [0.25, 0.3) is 0 Å². The van der Waals surface area contributed by atoms with Gasteiger partial charge in [0.15, 0.2) is 0 Å². The topological polar surface area (TPSA) is 55.4 Å². The molecule has 0 amide bonds. The molecule has 0 aliphatic carbocycles. The summed E-state index contributed by atoms with van der Waals surface area (Å²) in [4.78, 5) is 12.1.